The Morgan fingerprint density at radius 1 is 1.36 bits per heavy atom. The highest BCUT2D eigenvalue weighted by atomic mass is 16.5. The zero-order chi connectivity index (χ0) is 11.1. The smallest absolute Gasteiger partial charge is 0.189 e. The number of ketones is 1. The molecule has 0 fully saturated rings. The molecule has 0 aromatic carbocycles. The van der Waals surface area contributed by atoms with Gasteiger partial charge in [-0.1, -0.05) is 0 Å². The molecule has 3 atom stereocenters. The minimum Gasteiger partial charge on any atom is -0.388 e. The standard InChI is InChI=1S/C8H16O6/c1-13-4-6(11)7(12)8(14-2)5(10)3-9/h6-9,11-12H,3-4H2,1-2H3/t6-,7-,8-/m1/s1. The molecule has 0 saturated carbocycles. The van der Waals surface area contributed by atoms with Crippen molar-refractivity contribution in [2.75, 3.05) is 27.4 Å². The highest BCUT2D eigenvalue weighted by Gasteiger charge is 2.31. The highest BCUT2D eigenvalue weighted by Crippen LogP contribution is 2.05. The fourth-order valence-electron chi connectivity index (χ4n) is 1.02. The summed E-state index contributed by atoms with van der Waals surface area (Å²) in [6.45, 7) is -0.852. The molecule has 84 valence electrons. The highest BCUT2D eigenvalue weighted by molar-refractivity contribution is 5.84. The lowest BCUT2D eigenvalue weighted by Crippen LogP contribution is -2.46. The van der Waals surface area contributed by atoms with Gasteiger partial charge in [0.25, 0.3) is 0 Å². The van der Waals surface area contributed by atoms with Crippen molar-refractivity contribution >= 4 is 5.78 Å². The summed E-state index contributed by atoms with van der Waals surface area (Å²) >= 11 is 0. The van der Waals surface area contributed by atoms with E-state index < -0.39 is 30.7 Å². The summed E-state index contributed by atoms with van der Waals surface area (Å²) in [6.07, 6.45) is -3.86. The van der Waals surface area contributed by atoms with Gasteiger partial charge in [0.1, 0.15) is 24.9 Å². The van der Waals surface area contributed by atoms with Gasteiger partial charge >= 0.3 is 0 Å². The lowest BCUT2D eigenvalue weighted by molar-refractivity contribution is -0.147. The number of aliphatic hydroxyl groups excluding tert-OH is 3. The fraction of sp³-hybridized carbons (Fsp3) is 0.875. The second kappa shape index (κ2) is 6.86. The number of Topliss-reactive ketones (excluding diaryl/α,β-unsaturated/α-hetero) is 1. The van der Waals surface area contributed by atoms with E-state index in [1.54, 1.807) is 0 Å². The maximum absolute atomic E-state index is 11.0. The van der Waals surface area contributed by atoms with Crippen LogP contribution in [0.15, 0.2) is 0 Å². The van der Waals surface area contributed by atoms with E-state index in [0.717, 1.165) is 0 Å². The van der Waals surface area contributed by atoms with Gasteiger partial charge in [0.2, 0.25) is 0 Å². The number of aliphatic hydroxyl groups is 3. The maximum atomic E-state index is 11.0. The molecule has 0 aromatic heterocycles. The van der Waals surface area contributed by atoms with Gasteiger partial charge in [0.05, 0.1) is 6.61 Å². The van der Waals surface area contributed by atoms with Crippen LogP contribution in [0.3, 0.4) is 0 Å². The van der Waals surface area contributed by atoms with Crippen LogP contribution < -0.4 is 0 Å². The van der Waals surface area contributed by atoms with E-state index >= 15 is 0 Å². The van der Waals surface area contributed by atoms with Gasteiger partial charge in [-0.3, -0.25) is 4.79 Å². The monoisotopic (exact) mass is 208 g/mol. The molecular formula is C8H16O6. The molecule has 0 saturated heterocycles. The first kappa shape index (κ1) is 13.5. The summed E-state index contributed by atoms with van der Waals surface area (Å²) < 4.78 is 9.25. The second-order valence-electron chi connectivity index (χ2n) is 2.79. The Hall–Kier alpha value is -0.530. The second-order valence-corrected chi connectivity index (χ2v) is 2.79. The van der Waals surface area contributed by atoms with Crippen LogP contribution in [0, 0.1) is 0 Å². The Labute approximate surface area is 82.1 Å². The number of rotatable bonds is 7. The van der Waals surface area contributed by atoms with Crippen LogP contribution in [-0.4, -0.2) is 66.8 Å². The van der Waals surface area contributed by atoms with Crippen LogP contribution in [0.1, 0.15) is 0 Å². The van der Waals surface area contributed by atoms with Crippen LogP contribution >= 0.6 is 0 Å². The Morgan fingerprint density at radius 3 is 2.29 bits per heavy atom. The van der Waals surface area contributed by atoms with Crippen molar-refractivity contribution in [1.82, 2.24) is 0 Å². The number of carbonyl (C=O) groups is 1. The Bertz CT molecular complexity index is 171. The summed E-state index contributed by atoms with van der Waals surface area (Å²) in [4.78, 5) is 11.0. The first-order valence-corrected chi connectivity index (χ1v) is 4.09. The molecule has 0 aliphatic heterocycles. The lowest BCUT2D eigenvalue weighted by Gasteiger charge is -2.23. The van der Waals surface area contributed by atoms with Crippen molar-refractivity contribution in [3.05, 3.63) is 0 Å². The first-order valence-electron chi connectivity index (χ1n) is 4.09. The van der Waals surface area contributed by atoms with E-state index in [4.69, 9.17) is 5.11 Å². The summed E-state index contributed by atoms with van der Waals surface area (Å²) in [5.41, 5.74) is 0. The topological polar surface area (TPSA) is 96.2 Å². The Kier molecular flexibility index (Phi) is 6.60. The largest absolute Gasteiger partial charge is 0.388 e. The van der Waals surface area contributed by atoms with Crippen LogP contribution in [0.2, 0.25) is 0 Å². The lowest BCUT2D eigenvalue weighted by atomic mass is 10.1. The number of methoxy groups -OCH3 is 2. The van der Waals surface area contributed by atoms with E-state index in [1.807, 2.05) is 0 Å². The predicted octanol–water partition coefficient (Wildman–Crippen LogP) is -2.07. The van der Waals surface area contributed by atoms with E-state index in [1.165, 1.54) is 14.2 Å². The van der Waals surface area contributed by atoms with Crippen molar-refractivity contribution in [3.63, 3.8) is 0 Å². The maximum Gasteiger partial charge on any atom is 0.189 e. The third-order valence-corrected chi connectivity index (χ3v) is 1.77. The van der Waals surface area contributed by atoms with Gasteiger partial charge in [0, 0.05) is 14.2 Å². The van der Waals surface area contributed by atoms with Crippen LogP contribution in [0.4, 0.5) is 0 Å². The number of ether oxygens (including phenoxy) is 2. The van der Waals surface area contributed by atoms with Crippen LogP contribution in [-0.2, 0) is 14.3 Å². The summed E-state index contributed by atoms with van der Waals surface area (Å²) in [6, 6.07) is 0. The quantitative estimate of drug-likeness (QED) is 0.445. The summed E-state index contributed by atoms with van der Waals surface area (Å²) in [7, 11) is 2.56. The van der Waals surface area contributed by atoms with Crippen LogP contribution in [0.25, 0.3) is 0 Å². The zero-order valence-electron chi connectivity index (χ0n) is 8.21. The van der Waals surface area contributed by atoms with E-state index in [2.05, 4.69) is 9.47 Å². The summed E-state index contributed by atoms with van der Waals surface area (Å²) in [5, 5.41) is 27.2. The van der Waals surface area contributed by atoms with Gasteiger partial charge in [0.15, 0.2) is 5.78 Å². The van der Waals surface area contributed by atoms with Gasteiger partial charge in [-0.25, -0.2) is 0 Å². The molecular weight excluding hydrogens is 192 g/mol. The minimum absolute atomic E-state index is 0.111. The average Bonchev–Trinajstić information content (AvgIpc) is 2.18. The molecule has 0 unspecified atom stereocenters. The molecule has 0 amide bonds. The molecule has 0 rings (SSSR count). The molecule has 0 radical (unpaired) electrons. The SMILES string of the molecule is COC[C@@H](O)[C@@H](O)[C@H](OC)C(=O)CO. The van der Waals surface area contributed by atoms with Crippen LogP contribution in [0.5, 0.6) is 0 Å². The molecule has 14 heavy (non-hydrogen) atoms. The third-order valence-electron chi connectivity index (χ3n) is 1.77. The summed E-state index contributed by atoms with van der Waals surface area (Å²) in [5.74, 6) is -0.685. The van der Waals surface area contributed by atoms with E-state index in [-0.39, 0.29) is 6.61 Å². The van der Waals surface area contributed by atoms with Crippen molar-refractivity contribution in [2.24, 2.45) is 0 Å². The van der Waals surface area contributed by atoms with Gasteiger partial charge in [-0.05, 0) is 0 Å². The molecule has 0 aromatic rings. The van der Waals surface area contributed by atoms with Gasteiger partial charge < -0.3 is 24.8 Å². The van der Waals surface area contributed by atoms with Gasteiger partial charge in [-0.15, -0.1) is 0 Å². The molecule has 0 spiro atoms. The molecule has 0 aliphatic rings. The molecule has 6 heteroatoms. The first-order chi connectivity index (χ1) is 6.58. The zero-order valence-corrected chi connectivity index (χ0v) is 8.21. The van der Waals surface area contributed by atoms with E-state index in [9.17, 15) is 15.0 Å². The molecule has 0 aliphatic carbocycles. The minimum atomic E-state index is -1.40. The molecule has 3 N–H and O–H groups in total. The van der Waals surface area contributed by atoms with Crippen molar-refractivity contribution in [3.8, 4) is 0 Å². The van der Waals surface area contributed by atoms with Crippen molar-refractivity contribution in [2.45, 2.75) is 18.3 Å². The predicted molar refractivity (Wildman–Crippen MR) is 46.8 cm³/mol. The van der Waals surface area contributed by atoms with Crippen molar-refractivity contribution < 1.29 is 29.6 Å². The van der Waals surface area contributed by atoms with Gasteiger partial charge in [-0.2, -0.15) is 0 Å². The van der Waals surface area contributed by atoms with E-state index in [0.29, 0.717) is 0 Å². The third kappa shape index (κ3) is 3.69. The number of hydrogen-bond acceptors (Lipinski definition) is 6. The number of hydrogen-bond donors (Lipinski definition) is 3. The Morgan fingerprint density at radius 2 is 1.93 bits per heavy atom. The Balaban J connectivity index is 4.29. The normalized spacial score (nSPS) is 17.5. The average molecular weight is 208 g/mol. The molecule has 6 nitrogen and oxygen atoms in total. The molecule has 0 bridgehead atoms. The number of carbonyl (C=O) groups excluding carboxylic acids is 1. The fourth-order valence-corrected chi connectivity index (χ4v) is 1.02. The molecule has 0 heterocycles. The van der Waals surface area contributed by atoms with Crippen molar-refractivity contribution in [1.29, 1.82) is 0 Å².